The van der Waals surface area contributed by atoms with Crippen molar-refractivity contribution in [3.8, 4) is 5.88 Å². The molecule has 0 spiro atoms. The minimum Gasteiger partial charge on any atom is -0.481 e. The zero-order valence-corrected chi connectivity index (χ0v) is 7.61. The molecule has 1 aromatic heterocycles. The number of nitro groups is 1. The van der Waals surface area contributed by atoms with E-state index in [-0.39, 0.29) is 17.4 Å². The molecule has 0 amide bonds. The van der Waals surface area contributed by atoms with Crippen LogP contribution in [0, 0.1) is 10.1 Å². The van der Waals surface area contributed by atoms with Gasteiger partial charge in [0.1, 0.15) is 0 Å². The van der Waals surface area contributed by atoms with E-state index in [1.54, 1.807) is 0 Å². The molecule has 13 heavy (non-hydrogen) atoms. The molecule has 0 atom stereocenters. The summed E-state index contributed by atoms with van der Waals surface area (Å²) < 4.78 is 4.77. The Balaban J connectivity index is 3.14. The molecule has 0 N–H and O–H groups in total. The Morgan fingerprint density at radius 1 is 1.69 bits per heavy atom. The molecule has 0 saturated carbocycles. The molecule has 0 aromatic carbocycles. The van der Waals surface area contributed by atoms with E-state index in [0.29, 0.717) is 5.69 Å². The van der Waals surface area contributed by atoms with E-state index >= 15 is 0 Å². The van der Waals surface area contributed by atoms with Crippen molar-refractivity contribution in [1.82, 2.24) is 4.98 Å². The van der Waals surface area contributed by atoms with Gasteiger partial charge in [-0.2, -0.15) is 0 Å². The summed E-state index contributed by atoms with van der Waals surface area (Å²) >= 11 is 5.49. The lowest BCUT2D eigenvalue weighted by Gasteiger charge is -2.00. The van der Waals surface area contributed by atoms with Gasteiger partial charge in [-0.05, 0) is 0 Å². The molecule has 5 nitrogen and oxygen atoms in total. The molecule has 0 aliphatic rings. The van der Waals surface area contributed by atoms with Crippen LogP contribution in [0.4, 0.5) is 5.69 Å². The third kappa shape index (κ3) is 2.29. The lowest BCUT2D eigenvalue weighted by atomic mass is 10.3. The van der Waals surface area contributed by atoms with Crippen molar-refractivity contribution in [3.05, 3.63) is 27.9 Å². The zero-order valence-electron chi connectivity index (χ0n) is 6.86. The van der Waals surface area contributed by atoms with Crippen molar-refractivity contribution in [2.45, 2.75) is 5.88 Å². The van der Waals surface area contributed by atoms with Crippen LogP contribution in [-0.2, 0) is 5.88 Å². The zero-order chi connectivity index (χ0) is 9.84. The van der Waals surface area contributed by atoms with Crippen molar-refractivity contribution in [3.63, 3.8) is 0 Å². The summed E-state index contributed by atoms with van der Waals surface area (Å²) in [7, 11) is 1.39. The van der Waals surface area contributed by atoms with Crippen molar-refractivity contribution in [1.29, 1.82) is 0 Å². The Kier molecular flexibility index (Phi) is 3.02. The Bertz CT molecular complexity index is 307. The molecule has 0 aliphatic heterocycles. The maximum absolute atomic E-state index is 10.4. The van der Waals surface area contributed by atoms with Gasteiger partial charge in [0.05, 0.1) is 29.7 Å². The van der Waals surface area contributed by atoms with E-state index in [0.717, 1.165) is 0 Å². The first kappa shape index (κ1) is 9.73. The van der Waals surface area contributed by atoms with Gasteiger partial charge >= 0.3 is 0 Å². The van der Waals surface area contributed by atoms with E-state index in [9.17, 15) is 10.1 Å². The van der Waals surface area contributed by atoms with Gasteiger partial charge in [-0.25, -0.2) is 4.98 Å². The van der Waals surface area contributed by atoms with E-state index in [1.165, 1.54) is 19.2 Å². The number of alkyl halides is 1. The van der Waals surface area contributed by atoms with Gasteiger partial charge in [0, 0.05) is 6.07 Å². The van der Waals surface area contributed by atoms with Crippen LogP contribution in [0.25, 0.3) is 0 Å². The SMILES string of the molecule is COc1cc([N+](=O)[O-])cc(CCl)n1. The molecule has 0 aliphatic carbocycles. The highest BCUT2D eigenvalue weighted by atomic mass is 35.5. The quantitative estimate of drug-likeness (QED) is 0.425. The molecular formula is C7H7ClN2O3. The van der Waals surface area contributed by atoms with Gasteiger partial charge in [-0.3, -0.25) is 10.1 Å². The van der Waals surface area contributed by atoms with Crippen LogP contribution >= 0.6 is 11.6 Å². The number of hydrogen-bond acceptors (Lipinski definition) is 4. The Morgan fingerprint density at radius 3 is 2.85 bits per heavy atom. The van der Waals surface area contributed by atoms with Gasteiger partial charge in [-0.15, -0.1) is 11.6 Å². The predicted octanol–water partition coefficient (Wildman–Crippen LogP) is 1.74. The average molecular weight is 203 g/mol. The monoisotopic (exact) mass is 202 g/mol. The lowest BCUT2D eigenvalue weighted by Crippen LogP contribution is -1.95. The van der Waals surface area contributed by atoms with E-state index < -0.39 is 4.92 Å². The van der Waals surface area contributed by atoms with Gasteiger partial charge in [0.2, 0.25) is 5.88 Å². The summed E-state index contributed by atoms with van der Waals surface area (Å²) in [5, 5.41) is 10.4. The first-order valence-corrected chi connectivity index (χ1v) is 3.96. The predicted molar refractivity (Wildman–Crippen MR) is 47.0 cm³/mol. The number of aromatic nitrogens is 1. The molecule has 70 valence electrons. The average Bonchev–Trinajstić information content (AvgIpc) is 2.16. The fourth-order valence-corrected chi connectivity index (χ4v) is 0.960. The van der Waals surface area contributed by atoms with E-state index in [2.05, 4.69) is 4.98 Å². The number of nitrogens with zero attached hydrogens (tertiary/aromatic N) is 2. The second-order valence-electron chi connectivity index (χ2n) is 2.25. The third-order valence-corrected chi connectivity index (χ3v) is 1.67. The highest BCUT2D eigenvalue weighted by molar-refractivity contribution is 6.16. The lowest BCUT2D eigenvalue weighted by molar-refractivity contribution is -0.385. The van der Waals surface area contributed by atoms with Gasteiger partial charge in [0.15, 0.2) is 0 Å². The smallest absolute Gasteiger partial charge is 0.276 e. The first-order chi connectivity index (χ1) is 6.17. The summed E-state index contributed by atoms with van der Waals surface area (Å²) in [6.07, 6.45) is 0. The van der Waals surface area contributed by atoms with Gasteiger partial charge in [-0.1, -0.05) is 0 Å². The third-order valence-electron chi connectivity index (χ3n) is 1.40. The second-order valence-corrected chi connectivity index (χ2v) is 2.52. The maximum Gasteiger partial charge on any atom is 0.276 e. The van der Waals surface area contributed by atoms with E-state index in [1.807, 2.05) is 0 Å². The van der Waals surface area contributed by atoms with Crippen molar-refractivity contribution < 1.29 is 9.66 Å². The maximum atomic E-state index is 10.4. The molecule has 0 bridgehead atoms. The second kappa shape index (κ2) is 4.04. The Labute approximate surface area is 79.5 Å². The Hall–Kier alpha value is -1.36. The fourth-order valence-electron chi connectivity index (χ4n) is 0.823. The summed E-state index contributed by atoms with van der Waals surface area (Å²) in [5.74, 6) is 0.322. The molecule has 6 heteroatoms. The fraction of sp³-hybridized carbons (Fsp3) is 0.286. The molecule has 1 aromatic rings. The molecule has 1 heterocycles. The number of halogens is 1. The molecule has 0 fully saturated rings. The van der Waals surface area contributed by atoms with Crippen molar-refractivity contribution in [2.24, 2.45) is 0 Å². The van der Waals surface area contributed by atoms with Gasteiger partial charge < -0.3 is 4.74 Å². The number of pyridine rings is 1. The number of hydrogen-bond donors (Lipinski definition) is 0. The molecular weight excluding hydrogens is 196 g/mol. The first-order valence-electron chi connectivity index (χ1n) is 3.42. The van der Waals surface area contributed by atoms with Crippen molar-refractivity contribution in [2.75, 3.05) is 7.11 Å². The largest absolute Gasteiger partial charge is 0.481 e. The number of ether oxygens (including phenoxy) is 1. The minimum atomic E-state index is -0.514. The minimum absolute atomic E-state index is 0.0671. The highest BCUT2D eigenvalue weighted by Crippen LogP contribution is 2.19. The molecule has 0 unspecified atom stereocenters. The van der Waals surface area contributed by atoms with E-state index in [4.69, 9.17) is 16.3 Å². The van der Waals surface area contributed by atoms with Crippen LogP contribution < -0.4 is 4.74 Å². The standard InChI is InChI=1S/C7H7ClN2O3/c1-13-7-3-6(10(11)12)2-5(4-8)9-7/h2-3H,4H2,1H3. The van der Waals surface area contributed by atoms with Crippen LogP contribution in [0.1, 0.15) is 5.69 Å². The summed E-state index contributed by atoms with van der Waals surface area (Å²) in [6, 6.07) is 2.56. The Morgan fingerprint density at radius 2 is 2.38 bits per heavy atom. The summed E-state index contributed by atoms with van der Waals surface area (Å²) in [4.78, 5) is 13.8. The van der Waals surface area contributed by atoms with Crippen LogP contribution in [0.3, 0.4) is 0 Å². The summed E-state index contributed by atoms with van der Waals surface area (Å²) in [5.41, 5.74) is 0.357. The number of methoxy groups -OCH3 is 1. The highest BCUT2D eigenvalue weighted by Gasteiger charge is 2.10. The molecule has 0 saturated heterocycles. The normalized spacial score (nSPS) is 9.69. The summed E-state index contributed by atoms with van der Waals surface area (Å²) in [6.45, 7) is 0. The van der Waals surface area contributed by atoms with Crippen LogP contribution in [0.15, 0.2) is 12.1 Å². The van der Waals surface area contributed by atoms with Crippen LogP contribution in [-0.4, -0.2) is 17.0 Å². The molecule has 0 radical (unpaired) electrons. The molecule has 1 rings (SSSR count). The van der Waals surface area contributed by atoms with Crippen LogP contribution in [0.5, 0.6) is 5.88 Å². The van der Waals surface area contributed by atoms with Crippen molar-refractivity contribution >= 4 is 17.3 Å². The van der Waals surface area contributed by atoms with Gasteiger partial charge in [0.25, 0.3) is 5.69 Å². The topological polar surface area (TPSA) is 65.3 Å². The van der Waals surface area contributed by atoms with Crippen LogP contribution in [0.2, 0.25) is 0 Å². The number of rotatable bonds is 3.